The predicted molar refractivity (Wildman–Crippen MR) is 149 cm³/mol. The van der Waals surface area contributed by atoms with Crippen molar-refractivity contribution in [2.24, 2.45) is 0 Å². The quantitative estimate of drug-likeness (QED) is 0.0726. The highest BCUT2D eigenvalue weighted by atomic mass is 32.2. The number of hydrogen-bond acceptors (Lipinski definition) is 6. The molecule has 0 saturated carbocycles. The maximum Gasteiger partial charge on any atom is 0.345 e. The van der Waals surface area contributed by atoms with E-state index in [0.29, 0.717) is 59.7 Å². The molecule has 1 heterocycles. The third-order valence-electron chi connectivity index (χ3n) is 5.86. The van der Waals surface area contributed by atoms with Crippen molar-refractivity contribution in [1.29, 1.82) is 0 Å². The monoisotopic (exact) mass is 536 g/mol. The Morgan fingerprint density at radius 2 is 1.76 bits per heavy atom. The molecule has 0 bridgehead atoms. The van der Waals surface area contributed by atoms with Gasteiger partial charge >= 0.3 is 16.7 Å². The first-order chi connectivity index (χ1) is 18.4. The van der Waals surface area contributed by atoms with Crippen LogP contribution in [-0.2, 0) is 16.0 Å². The van der Waals surface area contributed by atoms with Crippen molar-refractivity contribution in [3.8, 4) is 23.0 Å². The summed E-state index contributed by atoms with van der Waals surface area (Å²) in [4.78, 5) is 25.4. The number of rotatable bonds is 14. The summed E-state index contributed by atoms with van der Waals surface area (Å²) in [5.74, 6) is 0.646. The SMILES string of the molecule is C=C(C)C(=O)OCCCCSc1n(-c2ccccc2)c(=O)c(CCCC)c([O-])[n+]1-c1ccc(OCC)cc1. The fraction of sp³-hybridized carbons (Fsp3) is 0.367. The molecule has 38 heavy (non-hydrogen) atoms. The van der Waals surface area contributed by atoms with Gasteiger partial charge in [0, 0.05) is 11.3 Å². The molecule has 0 unspecified atom stereocenters. The predicted octanol–water partition coefficient (Wildman–Crippen LogP) is 4.92. The van der Waals surface area contributed by atoms with E-state index >= 15 is 0 Å². The van der Waals surface area contributed by atoms with E-state index in [1.165, 1.54) is 11.8 Å². The Morgan fingerprint density at radius 1 is 1.05 bits per heavy atom. The molecule has 202 valence electrons. The van der Waals surface area contributed by atoms with Gasteiger partial charge in [-0.05, 0) is 87.7 Å². The van der Waals surface area contributed by atoms with Gasteiger partial charge in [0.05, 0.1) is 24.7 Å². The van der Waals surface area contributed by atoms with Gasteiger partial charge in [0.2, 0.25) is 0 Å². The standard InChI is InChI=1S/C30H36N2O5S/c1-5-7-15-26-27(33)31(23-13-9-8-10-14-23)30(38-21-12-11-20-37-29(35)22(3)4)32(28(26)34)24-16-18-25(19-17-24)36-6-2/h8-10,13-14,16-19H,3,5-7,11-12,15,20-21H2,1-2,4H3. The number of esters is 1. The minimum Gasteiger partial charge on any atom is -0.842 e. The van der Waals surface area contributed by atoms with E-state index in [2.05, 4.69) is 6.58 Å². The summed E-state index contributed by atoms with van der Waals surface area (Å²) in [5.41, 5.74) is 1.73. The summed E-state index contributed by atoms with van der Waals surface area (Å²) < 4.78 is 14.1. The molecule has 3 rings (SSSR count). The van der Waals surface area contributed by atoms with Gasteiger partial charge in [-0.15, -0.1) is 0 Å². The number of unbranched alkanes of at least 4 members (excludes halogenated alkanes) is 2. The van der Waals surface area contributed by atoms with Crippen LogP contribution in [0.25, 0.3) is 11.4 Å². The summed E-state index contributed by atoms with van der Waals surface area (Å²) in [6.07, 6.45) is 3.42. The number of benzene rings is 2. The van der Waals surface area contributed by atoms with E-state index in [-0.39, 0.29) is 17.0 Å². The zero-order chi connectivity index (χ0) is 27.5. The fourth-order valence-electron chi connectivity index (χ4n) is 3.88. The molecule has 0 N–H and O–H groups in total. The Morgan fingerprint density at radius 3 is 2.39 bits per heavy atom. The second kappa shape index (κ2) is 14.4. The Hall–Kier alpha value is -3.52. The minimum absolute atomic E-state index is 0.278. The van der Waals surface area contributed by atoms with Crippen LogP contribution in [0.2, 0.25) is 0 Å². The van der Waals surface area contributed by atoms with E-state index < -0.39 is 5.97 Å². The summed E-state index contributed by atoms with van der Waals surface area (Å²) in [5, 5.41) is 14.4. The van der Waals surface area contributed by atoms with Gasteiger partial charge in [0.15, 0.2) is 0 Å². The summed E-state index contributed by atoms with van der Waals surface area (Å²) in [7, 11) is 0. The zero-order valence-corrected chi connectivity index (χ0v) is 23.2. The summed E-state index contributed by atoms with van der Waals surface area (Å²) in [6.45, 7) is 10.0. The Balaban J connectivity index is 2.05. The van der Waals surface area contributed by atoms with Crippen LogP contribution < -0.4 is 20.0 Å². The first-order valence-corrected chi connectivity index (χ1v) is 14.0. The Bertz CT molecular complexity index is 1290. The van der Waals surface area contributed by atoms with E-state index in [1.807, 2.05) is 68.4 Å². The third kappa shape index (κ3) is 7.28. The summed E-state index contributed by atoms with van der Waals surface area (Å²) in [6, 6.07) is 16.8. The molecule has 0 aliphatic heterocycles. The van der Waals surface area contributed by atoms with Crippen LogP contribution in [0.5, 0.6) is 11.6 Å². The molecule has 0 aliphatic carbocycles. The number of carbonyl (C=O) groups excluding carboxylic acids is 1. The molecule has 0 amide bonds. The number of ether oxygens (including phenoxy) is 2. The van der Waals surface area contributed by atoms with Crippen LogP contribution in [0.3, 0.4) is 0 Å². The molecule has 0 spiro atoms. The van der Waals surface area contributed by atoms with Crippen molar-refractivity contribution in [3.05, 3.63) is 82.7 Å². The molecule has 2 aromatic carbocycles. The lowest BCUT2D eigenvalue weighted by atomic mass is 10.1. The molecule has 8 heteroatoms. The van der Waals surface area contributed by atoms with Crippen LogP contribution in [0.1, 0.15) is 52.0 Å². The lowest BCUT2D eigenvalue weighted by Gasteiger charge is -2.20. The molecule has 7 nitrogen and oxygen atoms in total. The van der Waals surface area contributed by atoms with Crippen LogP contribution >= 0.6 is 11.8 Å². The smallest absolute Gasteiger partial charge is 0.345 e. The van der Waals surface area contributed by atoms with Crippen molar-refractivity contribution >= 4 is 17.7 Å². The number of aromatic nitrogens is 2. The van der Waals surface area contributed by atoms with E-state index in [1.54, 1.807) is 16.1 Å². The van der Waals surface area contributed by atoms with Gasteiger partial charge in [-0.2, -0.15) is 9.13 Å². The second-order valence-electron chi connectivity index (χ2n) is 8.88. The van der Waals surface area contributed by atoms with Gasteiger partial charge in [-0.3, -0.25) is 0 Å². The lowest BCUT2D eigenvalue weighted by Crippen LogP contribution is -2.46. The molecule has 0 aliphatic rings. The van der Waals surface area contributed by atoms with E-state index in [4.69, 9.17) is 9.47 Å². The Kier molecular flexibility index (Phi) is 11.0. The van der Waals surface area contributed by atoms with Crippen molar-refractivity contribution in [1.82, 2.24) is 4.57 Å². The Labute approximate surface area is 228 Å². The van der Waals surface area contributed by atoms with Crippen molar-refractivity contribution < 1.29 is 23.9 Å². The zero-order valence-electron chi connectivity index (χ0n) is 22.4. The van der Waals surface area contributed by atoms with E-state index in [0.717, 1.165) is 19.3 Å². The van der Waals surface area contributed by atoms with Crippen LogP contribution in [-0.4, -0.2) is 29.5 Å². The van der Waals surface area contributed by atoms with Gasteiger partial charge in [-0.1, -0.05) is 38.1 Å². The van der Waals surface area contributed by atoms with Crippen molar-refractivity contribution in [2.75, 3.05) is 19.0 Å². The molecule has 3 aromatic rings. The molecular weight excluding hydrogens is 500 g/mol. The van der Waals surface area contributed by atoms with Gasteiger partial charge in [0.1, 0.15) is 17.1 Å². The second-order valence-corrected chi connectivity index (χ2v) is 9.94. The number of thioether (sulfide) groups is 1. The highest BCUT2D eigenvalue weighted by Gasteiger charge is 2.27. The van der Waals surface area contributed by atoms with Gasteiger partial charge < -0.3 is 14.6 Å². The highest BCUT2D eigenvalue weighted by molar-refractivity contribution is 7.99. The summed E-state index contributed by atoms with van der Waals surface area (Å²) >= 11 is 1.44. The number of carbonyl (C=O) groups is 1. The molecule has 1 aromatic heterocycles. The molecular formula is C30H36N2O5S. The topological polar surface area (TPSA) is 84.5 Å². The van der Waals surface area contributed by atoms with E-state index in [9.17, 15) is 14.7 Å². The van der Waals surface area contributed by atoms with Crippen LogP contribution in [0.4, 0.5) is 0 Å². The highest BCUT2D eigenvalue weighted by Crippen LogP contribution is 2.25. The average Bonchev–Trinajstić information content (AvgIpc) is 2.91. The maximum atomic E-state index is 13.8. The van der Waals surface area contributed by atoms with Crippen LogP contribution in [0, 0.1) is 0 Å². The number of para-hydroxylation sites is 1. The lowest BCUT2D eigenvalue weighted by molar-refractivity contribution is -0.690. The molecule has 0 atom stereocenters. The third-order valence-corrected chi connectivity index (χ3v) is 6.97. The minimum atomic E-state index is -0.400. The molecule has 0 fully saturated rings. The number of hydrogen-bond donors (Lipinski definition) is 0. The first-order valence-electron chi connectivity index (χ1n) is 13.0. The fourth-order valence-corrected chi connectivity index (χ4v) is 5.04. The normalized spacial score (nSPS) is 10.8. The molecule has 0 saturated heterocycles. The van der Waals surface area contributed by atoms with Gasteiger partial charge in [-0.25, -0.2) is 9.59 Å². The largest absolute Gasteiger partial charge is 0.842 e. The van der Waals surface area contributed by atoms with Crippen molar-refractivity contribution in [3.63, 3.8) is 0 Å². The maximum absolute atomic E-state index is 13.8. The van der Waals surface area contributed by atoms with Crippen molar-refractivity contribution in [2.45, 2.75) is 58.0 Å². The first kappa shape index (κ1) is 29.0. The number of nitrogens with zero attached hydrogens (tertiary/aromatic N) is 2. The van der Waals surface area contributed by atoms with Gasteiger partial charge in [0.25, 0.3) is 0 Å². The molecule has 0 radical (unpaired) electrons. The van der Waals surface area contributed by atoms with Crippen LogP contribution in [0.15, 0.2) is 76.7 Å². The average molecular weight is 537 g/mol.